The van der Waals surface area contributed by atoms with Gasteiger partial charge in [-0.1, -0.05) is 67.6 Å². The fraction of sp³-hybridized carbons (Fsp3) is 0.171. The minimum atomic E-state index is -1.07. The fourth-order valence-corrected chi connectivity index (χ4v) is 6.00. The molecule has 0 saturated carbocycles. The number of hydrogen-bond acceptors (Lipinski definition) is 7. The van der Waals surface area contributed by atoms with Gasteiger partial charge in [0.15, 0.2) is 0 Å². The maximum atomic E-state index is 11.4. The molecule has 6 aromatic rings. The van der Waals surface area contributed by atoms with E-state index in [0.29, 0.717) is 19.6 Å². The van der Waals surface area contributed by atoms with Crippen molar-refractivity contribution in [1.29, 1.82) is 0 Å². The maximum absolute atomic E-state index is 11.4. The zero-order valence-electron chi connectivity index (χ0n) is 24.2. The summed E-state index contributed by atoms with van der Waals surface area (Å²) in [7, 11) is 0. The van der Waals surface area contributed by atoms with Crippen molar-refractivity contribution >= 4 is 38.4 Å². The minimum absolute atomic E-state index is 0. The number of para-hydroxylation sites is 2. The summed E-state index contributed by atoms with van der Waals surface area (Å²) < 4.78 is 13.2. The topological polar surface area (TPSA) is 84.4 Å². The Balaban J connectivity index is 0.00000368. The zero-order chi connectivity index (χ0) is 28.9. The van der Waals surface area contributed by atoms with Gasteiger partial charge in [0.25, 0.3) is 0 Å². The van der Waals surface area contributed by atoms with Crippen molar-refractivity contribution in [3.8, 4) is 11.5 Å². The summed E-state index contributed by atoms with van der Waals surface area (Å²) in [5, 5.41) is 13.4. The molecule has 0 amide bonds. The second-order valence-electron chi connectivity index (χ2n) is 10.4. The van der Waals surface area contributed by atoms with E-state index in [1.165, 1.54) is 0 Å². The summed E-state index contributed by atoms with van der Waals surface area (Å²) in [6.45, 7) is 2.79. The van der Waals surface area contributed by atoms with Crippen LogP contribution < -0.4 is 44.1 Å². The van der Waals surface area contributed by atoms with Crippen LogP contribution in [-0.4, -0.2) is 15.9 Å². The molecule has 1 atom stereocenters. The van der Waals surface area contributed by atoms with Crippen LogP contribution in [0.4, 0.5) is 0 Å². The number of hydrogen-bond donors (Lipinski definition) is 0. The van der Waals surface area contributed by atoms with Gasteiger partial charge in [-0.3, -0.25) is 0 Å². The monoisotopic (exact) mass is 596 g/mol. The third-order valence-electron chi connectivity index (χ3n) is 7.56. The van der Waals surface area contributed by atoms with Crippen LogP contribution in [0, 0.1) is 0 Å². The van der Waals surface area contributed by atoms with Gasteiger partial charge >= 0.3 is 29.6 Å². The first kappa shape index (κ1) is 30.7. The average Bonchev–Trinajstić information content (AvgIpc) is 3.45. The van der Waals surface area contributed by atoms with Crippen LogP contribution in [0.15, 0.2) is 109 Å². The number of carboxylic acids is 1. The number of carbonyl (C=O) groups excluding carboxylic acids is 1. The Morgan fingerprint density at radius 3 is 2.00 bits per heavy atom. The second-order valence-corrected chi connectivity index (χ2v) is 11.5. The Bertz CT molecular complexity index is 1810. The summed E-state index contributed by atoms with van der Waals surface area (Å²) >= 11 is 1.62. The van der Waals surface area contributed by atoms with E-state index in [2.05, 4.69) is 23.0 Å². The predicted molar refractivity (Wildman–Crippen MR) is 164 cm³/mol. The Hall–Kier alpha value is -3.75. The number of nitrogens with zero attached hydrogens (tertiary/aromatic N) is 2. The molecule has 1 unspecified atom stereocenters. The van der Waals surface area contributed by atoms with E-state index in [4.69, 9.17) is 9.47 Å². The quantitative estimate of drug-likeness (QED) is 0.212. The molecule has 0 aliphatic rings. The Morgan fingerprint density at radius 1 is 0.744 bits per heavy atom. The van der Waals surface area contributed by atoms with Gasteiger partial charge in [-0.05, 0) is 72.5 Å². The number of thiazole rings is 1. The van der Waals surface area contributed by atoms with Gasteiger partial charge in [-0.25, -0.2) is 9.97 Å². The summed E-state index contributed by atoms with van der Waals surface area (Å²) in [5.74, 6) is 0.376. The van der Waals surface area contributed by atoms with Gasteiger partial charge in [0.2, 0.25) is 0 Å². The molecule has 2 heterocycles. The molecule has 0 aliphatic carbocycles. The number of carboxylic acid groups (broad SMARTS) is 1. The van der Waals surface area contributed by atoms with Crippen molar-refractivity contribution < 1.29 is 48.9 Å². The first-order valence-corrected chi connectivity index (χ1v) is 14.6. The van der Waals surface area contributed by atoms with E-state index in [1.807, 2.05) is 103 Å². The van der Waals surface area contributed by atoms with Gasteiger partial charge in [0, 0.05) is 16.8 Å². The maximum Gasteiger partial charge on any atom is 1.00 e. The molecular weight excluding hydrogens is 567 g/mol. The molecule has 0 saturated heterocycles. The van der Waals surface area contributed by atoms with Gasteiger partial charge in [0.1, 0.15) is 29.7 Å². The SMILES string of the molecule is CC(CCC(=O)[O-])(c1ccc(OCc2ccc3ccccc3n2)cc1)c1ccc(OCc2nc3ccccc3s2)cc1.[Na+]. The van der Waals surface area contributed by atoms with Crippen LogP contribution in [0.2, 0.25) is 0 Å². The van der Waals surface area contributed by atoms with Crippen molar-refractivity contribution in [2.24, 2.45) is 0 Å². The van der Waals surface area contributed by atoms with E-state index >= 15 is 0 Å². The molecule has 43 heavy (non-hydrogen) atoms. The third kappa shape index (κ3) is 7.25. The van der Waals surface area contributed by atoms with Gasteiger partial charge in [-0.15, -0.1) is 11.3 Å². The largest absolute Gasteiger partial charge is 1.00 e. The summed E-state index contributed by atoms with van der Waals surface area (Å²) in [5.41, 5.74) is 4.19. The average molecular weight is 597 g/mol. The Labute approximate surface area is 276 Å². The van der Waals surface area contributed by atoms with E-state index in [0.717, 1.165) is 54.4 Å². The van der Waals surface area contributed by atoms with E-state index in [1.54, 1.807) is 11.3 Å². The zero-order valence-corrected chi connectivity index (χ0v) is 27.0. The number of aromatic nitrogens is 2. The van der Waals surface area contributed by atoms with Crippen LogP contribution in [0.3, 0.4) is 0 Å². The molecule has 4 aromatic carbocycles. The first-order chi connectivity index (χ1) is 20.5. The van der Waals surface area contributed by atoms with Crippen molar-refractivity contribution in [3.05, 3.63) is 131 Å². The van der Waals surface area contributed by atoms with Crippen LogP contribution in [0.1, 0.15) is 41.6 Å². The molecule has 6 rings (SSSR count). The van der Waals surface area contributed by atoms with Crippen molar-refractivity contribution in [3.63, 3.8) is 0 Å². The Morgan fingerprint density at radius 2 is 1.35 bits per heavy atom. The number of ether oxygens (including phenoxy) is 2. The molecule has 0 bridgehead atoms. The third-order valence-corrected chi connectivity index (χ3v) is 8.57. The number of aliphatic carboxylic acids is 1. The minimum Gasteiger partial charge on any atom is -0.550 e. The molecule has 0 fully saturated rings. The molecule has 6 nitrogen and oxygen atoms in total. The number of carbonyl (C=O) groups is 1. The molecule has 210 valence electrons. The van der Waals surface area contributed by atoms with Gasteiger partial charge in [-0.2, -0.15) is 0 Å². The first-order valence-electron chi connectivity index (χ1n) is 13.8. The molecular formula is C35H29N2NaO4S. The fourth-order valence-electron chi connectivity index (χ4n) is 5.12. The van der Waals surface area contributed by atoms with Crippen LogP contribution >= 0.6 is 11.3 Å². The van der Waals surface area contributed by atoms with Crippen LogP contribution in [-0.2, 0) is 23.4 Å². The predicted octanol–water partition coefficient (Wildman–Crippen LogP) is 3.84. The van der Waals surface area contributed by atoms with Gasteiger partial charge in [0.05, 0.1) is 21.4 Å². The van der Waals surface area contributed by atoms with Crippen molar-refractivity contribution in [2.45, 2.75) is 38.4 Å². The Kier molecular flexibility index (Phi) is 9.78. The van der Waals surface area contributed by atoms with E-state index in [9.17, 15) is 9.90 Å². The standard InChI is InChI=1S/C35H30N2O4S.Na/c1-35(21-20-34(38)39,26-13-18-29(19-14-26)41-23-33-37-31-8-4-5-9-32(31)42-33)25-11-16-28(17-12-25)40-22-27-15-10-24-6-2-3-7-30(24)36-27;/h2-19H,20-23H2,1H3,(H,38,39);/q;+1/p-1. The number of fused-ring (bicyclic) bond motifs is 2. The second kappa shape index (κ2) is 13.7. The number of rotatable bonds is 11. The van der Waals surface area contributed by atoms with Gasteiger partial charge < -0.3 is 19.4 Å². The molecule has 0 spiro atoms. The van der Waals surface area contributed by atoms with Crippen LogP contribution in [0.5, 0.6) is 11.5 Å². The molecule has 0 aliphatic heterocycles. The molecule has 8 heteroatoms. The summed E-state index contributed by atoms with van der Waals surface area (Å²) in [4.78, 5) is 20.7. The molecule has 0 N–H and O–H groups in total. The van der Waals surface area contributed by atoms with Crippen LogP contribution in [0.25, 0.3) is 21.1 Å². The van der Waals surface area contributed by atoms with Crippen molar-refractivity contribution in [1.82, 2.24) is 9.97 Å². The van der Waals surface area contributed by atoms with Crippen molar-refractivity contribution in [2.75, 3.05) is 0 Å². The smallest absolute Gasteiger partial charge is 0.550 e. The summed E-state index contributed by atoms with van der Waals surface area (Å²) in [6.07, 6.45) is 0.334. The number of pyridine rings is 1. The van der Waals surface area contributed by atoms with E-state index < -0.39 is 11.4 Å². The molecule has 0 radical (unpaired) electrons. The summed E-state index contributed by atoms with van der Waals surface area (Å²) in [6, 6.07) is 35.7. The molecule has 2 aromatic heterocycles. The normalized spacial score (nSPS) is 12.4. The number of benzene rings is 4. The van der Waals surface area contributed by atoms with E-state index in [-0.39, 0.29) is 36.0 Å².